The number of rotatable bonds is 4. The van der Waals surface area contributed by atoms with Gasteiger partial charge in [-0.1, -0.05) is 53.0 Å². The van der Waals surface area contributed by atoms with Crippen molar-refractivity contribution in [3.63, 3.8) is 0 Å². The van der Waals surface area contributed by atoms with Crippen molar-refractivity contribution in [2.24, 2.45) is 0 Å². The molecule has 0 aliphatic carbocycles. The third-order valence-electron chi connectivity index (χ3n) is 3.44. The summed E-state index contributed by atoms with van der Waals surface area (Å²) < 4.78 is 1.51. The van der Waals surface area contributed by atoms with Crippen LogP contribution in [0.3, 0.4) is 0 Å². The van der Waals surface area contributed by atoms with Gasteiger partial charge in [0.15, 0.2) is 0 Å². The maximum atomic E-state index is 10.9. The van der Waals surface area contributed by atoms with Gasteiger partial charge in [0.1, 0.15) is 18.8 Å². The molecule has 2 aromatic carbocycles. The molecule has 24 heavy (non-hydrogen) atoms. The van der Waals surface area contributed by atoms with Crippen LogP contribution in [0.1, 0.15) is 17.2 Å². The minimum Gasteiger partial charge on any atom is -0.384 e. The molecule has 1 atom stereocenters. The SMILES string of the molecule is OC(/C(=C/n1cncn1)c1ccc(Cl)cc1)c1ccc(Cl)cc1Cl. The Kier molecular flexibility index (Phi) is 5.21. The van der Waals surface area contributed by atoms with Gasteiger partial charge < -0.3 is 5.11 Å². The van der Waals surface area contributed by atoms with E-state index in [9.17, 15) is 5.11 Å². The second-order valence-corrected chi connectivity index (χ2v) is 6.32. The number of hydrogen-bond acceptors (Lipinski definition) is 3. The fraction of sp³-hybridized carbons (Fsp3) is 0.0588. The quantitative estimate of drug-likeness (QED) is 0.695. The lowest BCUT2D eigenvalue weighted by Crippen LogP contribution is -2.04. The Morgan fingerprint density at radius 1 is 1.04 bits per heavy atom. The molecule has 0 bridgehead atoms. The molecule has 0 saturated heterocycles. The third-order valence-corrected chi connectivity index (χ3v) is 4.25. The monoisotopic (exact) mass is 379 g/mol. The van der Waals surface area contributed by atoms with Gasteiger partial charge in [0, 0.05) is 32.4 Å². The van der Waals surface area contributed by atoms with E-state index in [1.165, 1.54) is 17.3 Å². The van der Waals surface area contributed by atoms with Crippen LogP contribution in [0, 0.1) is 0 Å². The van der Waals surface area contributed by atoms with E-state index in [4.69, 9.17) is 34.8 Å². The molecule has 0 amide bonds. The van der Waals surface area contributed by atoms with E-state index >= 15 is 0 Å². The maximum absolute atomic E-state index is 10.9. The number of nitrogens with zero attached hydrogens (tertiary/aromatic N) is 3. The Balaban J connectivity index is 2.08. The molecule has 1 N–H and O–H groups in total. The number of hydrogen-bond donors (Lipinski definition) is 1. The van der Waals surface area contributed by atoms with E-state index in [1.54, 1.807) is 36.5 Å². The van der Waals surface area contributed by atoms with Crippen LogP contribution in [0.4, 0.5) is 0 Å². The lowest BCUT2D eigenvalue weighted by Gasteiger charge is -2.17. The minimum atomic E-state index is -0.972. The number of aliphatic hydroxyl groups is 1. The summed E-state index contributed by atoms with van der Waals surface area (Å²) in [7, 11) is 0. The zero-order valence-corrected chi connectivity index (χ0v) is 14.5. The lowest BCUT2D eigenvalue weighted by molar-refractivity contribution is 0.238. The highest BCUT2D eigenvalue weighted by molar-refractivity contribution is 6.35. The van der Waals surface area contributed by atoms with Crippen LogP contribution >= 0.6 is 34.8 Å². The highest BCUT2D eigenvalue weighted by Gasteiger charge is 2.19. The summed E-state index contributed by atoms with van der Waals surface area (Å²) in [5.74, 6) is 0. The first-order chi connectivity index (χ1) is 11.5. The Bertz CT molecular complexity index is 861. The molecule has 1 aromatic heterocycles. The summed E-state index contributed by atoms with van der Waals surface area (Å²) >= 11 is 18.1. The molecule has 122 valence electrons. The maximum Gasteiger partial charge on any atom is 0.138 e. The highest BCUT2D eigenvalue weighted by atomic mass is 35.5. The molecule has 4 nitrogen and oxygen atoms in total. The summed E-state index contributed by atoms with van der Waals surface area (Å²) in [6.07, 6.45) is 3.66. The summed E-state index contributed by atoms with van der Waals surface area (Å²) in [5.41, 5.74) is 1.93. The summed E-state index contributed by atoms with van der Waals surface area (Å²) in [4.78, 5) is 3.91. The largest absolute Gasteiger partial charge is 0.384 e. The molecule has 3 aromatic rings. The molecule has 1 unspecified atom stereocenters. The van der Waals surface area contributed by atoms with Crippen molar-refractivity contribution >= 4 is 46.6 Å². The molecule has 0 saturated carbocycles. The van der Waals surface area contributed by atoms with Gasteiger partial charge in [0.25, 0.3) is 0 Å². The summed E-state index contributed by atoms with van der Waals surface area (Å²) in [5, 5.41) is 16.4. The van der Waals surface area contributed by atoms with Gasteiger partial charge in [-0.05, 0) is 29.8 Å². The first-order valence-electron chi connectivity index (χ1n) is 6.99. The van der Waals surface area contributed by atoms with Crippen molar-refractivity contribution in [2.75, 3.05) is 0 Å². The predicted molar refractivity (Wildman–Crippen MR) is 97.1 cm³/mol. The lowest BCUT2D eigenvalue weighted by atomic mass is 9.96. The molecule has 0 fully saturated rings. The average Bonchev–Trinajstić information content (AvgIpc) is 3.06. The van der Waals surface area contributed by atoms with Crippen LogP contribution in [0.25, 0.3) is 11.8 Å². The van der Waals surface area contributed by atoms with E-state index in [2.05, 4.69) is 10.1 Å². The van der Waals surface area contributed by atoms with Gasteiger partial charge in [0.2, 0.25) is 0 Å². The summed E-state index contributed by atoms with van der Waals surface area (Å²) in [6, 6.07) is 12.1. The van der Waals surface area contributed by atoms with Gasteiger partial charge >= 0.3 is 0 Å². The number of aliphatic hydroxyl groups excluding tert-OH is 1. The third kappa shape index (κ3) is 3.79. The van der Waals surface area contributed by atoms with Crippen molar-refractivity contribution < 1.29 is 5.11 Å². The molecular weight excluding hydrogens is 369 g/mol. The van der Waals surface area contributed by atoms with E-state index < -0.39 is 6.10 Å². The topological polar surface area (TPSA) is 50.9 Å². The fourth-order valence-electron chi connectivity index (χ4n) is 2.26. The predicted octanol–water partition coefficient (Wildman–Crippen LogP) is 4.97. The molecule has 0 spiro atoms. The number of benzene rings is 2. The zero-order chi connectivity index (χ0) is 17.1. The first-order valence-corrected chi connectivity index (χ1v) is 8.13. The second kappa shape index (κ2) is 7.36. The van der Waals surface area contributed by atoms with Crippen LogP contribution in [-0.4, -0.2) is 19.9 Å². The van der Waals surface area contributed by atoms with Crippen LogP contribution < -0.4 is 0 Å². The molecule has 1 heterocycles. The van der Waals surface area contributed by atoms with E-state index in [1.807, 2.05) is 12.1 Å². The van der Waals surface area contributed by atoms with Gasteiger partial charge in [0.05, 0.1) is 0 Å². The normalized spacial score (nSPS) is 13.1. The summed E-state index contributed by atoms with van der Waals surface area (Å²) in [6.45, 7) is 0. The van der Waals surface area contributed by atoms with Crippen LogP contribution in [0.5, 0.6) is 0 Å². The van der Waals surface area contributed by atoms with E-state index in [0.29, 0.717) is 26.2 Å². The Labute approximate surface area is 153 Å². The molecule has 3 rings (SSSR count). The van der Waals surface area contributed by atoms with Crippen molar-refractivity contribution in [3.8, 4) is 0 Å². The van der Waals surface area contributed by atoms with Crippen LogP contribution in [0.2, 0.25) is 15.1 Å². The number of aromatic nitrogens is 3. The Hall–Kier alpha value is -1.85. The minimum absolute atomic E-state index is 0.383. The molecule has 7 heteroatoms. The molecule has 0 aliphatic heterocycles. The molecule has 0 aliphatic rings. The number of halogens is 3. The Morgan fingerprint density at radius 3 is 2.38 bits per heavy atom. The standard InChI is InChI=1S/C17H12Cl3N3O/c18-12-3-1-11(2-4-12)15(8-23-10-21-9-22-23)17(24)14-6-5-13(19)7-16(14)20/h1-10,17,24H/b15-8+. The molecule has 0 radical (unpaired) electrons. The first kappa shape index (κ1) is 17.0. The van der Waals surface area contributed by atoms with Crippen molar-refractivity contribution in [3.05, 3.63) is 81.3 Å². The van der Waals surface area contributed by atoms with Gasteiger partial charge in [-0.15, -0.1) is 0 Å². The fourth-order valence-corrected chi connectivity index (χ4v) is 2.90. The average molecular weight is 381 g/mol. The highest BCUT2D eigenvalue weighted by Crippen LogP contribution is 2.35. The van der Waals surface area contributed by atoms with Crippen LogP contribution in [-0.2, 0) is 0 Å². The molecular formula is C17H12Cl3N3O. The second-order valence-electron chi connectivity index (χ2n) is 5.04. The van der Waals surface area contributed by atoms with Crippen molar-refractivity contribution in [2.45, 2.75) is 6.10 Å². The smallest absolute Gasteiger partial charge is 0.138 e. The van der Waals surface area contributed by atoms with E-state index in [-0.39, 0.29) is 0 Å². The van der Waals surface area contributed by atoms with Gasteiger partial charge in [-0.3, -0.25) is 0 Å². The van der Waals surface area contributed by atoms with Crippen LogP contribution in [0.15, 0.2) is 55.1 Å². The Morgan fingerprint density at radius 2 is 1.75 bits per heavy atom. The van der Waals surface area contributed by atoms with Gasteiger partial charge in [-0.25, -0.2) is 9.67 Å². The van der Waals surface area contributed by atoms with Crippen molar-refractivity contribution in [1.82, 2.24) is 14.8 Å². The van der Waals surface area contributed by atoms with E-state index in [0.717, 1.165) is 5.56 Å². The van der Waals surface area contributed by atoms with Crippen molar-refractivity contribution in [1.29, 1.82) is 0 Å². The zero-order valence-electron chi connectivity index (χ0n) is 12.3. The van der Waals surface area contributed by atoms with Gasteiger partial charge in [-0.2, -0.15) is 5.10 Å².